The highest BCUT2D eigenvalue weighted by Gasteiger charge is 2.26. The van der Waals surface area contributed by atoms with Crippen LogP contribution in [0.15, 0.2) is 17.6 Å². The molecule has 24 heavy (non-hydrogen) atoms. The van der Waals surface area contributed by atoms with E-state index in [9.17, 15) is 9.90 Å². The molecule has 0 spiro atoms. The van der Waals surface area contributed by atoms with E-state index >= 15 is 0 Å². The molecule has 1 atom stereocenters. The fraction of sp³-hybridized carbons (Fsp3) is 0.471. The van der Waals surface area contributed by atoms with Crippen LogP contribution in [0.4, 0.5) is 5.13 Å². The van der Waals surface area contributed by atoms with Crippen LogP contribution < -0.4 is 5.32 Å². The van der Waals surface area contributed by atoms with Crippen molar-refractivity contribution in [1.82, 2.24) is 15.1 Å². The van der Waals surface area contributed by atoms with Gasteiger partial charge in [0.05, 0.1) is 5.92 Å². The molecule has 1 aliphatic heterocycles. The highest BCUT2D eigenvalue weighted by Crippen LogP contribution is 2.26. The molecule has 2 N–H and O–H groups in total. The van der Waals surface area contributed by atoms with Crippen LogP contribution in [0.2, 0.25) is 0 Å². The van der Waals surface area contributed by atoms with Crippen molar-refractivity contribution in [2.24, 2.45) is 5.92 Å². The maximum absolute atomic E-state index is 12.4. The largest absolute Gasteiger partial charge is 0.508 e. The maximum Gasteiger partial charge on any atom is 0.230 e. The number of phenols is 1. The van der Waals surface area contributed by atoms with E-state index in [4.69, 9.17) is 0 Å². The lowest BCUT2D eigenvalue weighted by Gasteiger charge is -2.32. The Labute approximate surface area is 145 Å². The molecular formula is C17H22N4O2S. The number of nitrogens with one attached hydrogen (secondary N) is 1. The molecule has 1 saturated heterocycles. The van der Waals surface area contributed by atoms with Crippen molar-refractivity contribution in [3.8, 4) is 5.75 Å². The fourth-order valence-corrected chi connectivity index (χ4v) is 3.52. The van der Waals surface area contributed by atoms with E-state index in [1.165, 1.54) is 16.9 Å². The number of anilines is 1. The van der Waals surface area contributed by atoms with E-state index in [-0.39, 0.29) is 11.8 Å². The van der Waals surface area contributed by atoms with Crippen LogP contribution >= 0.6 is 11.3 Å². The first kappa shape index (κ1) is 16.9. The first-order chi connectivity index (χ1) is 11.5. The number of phenolic OH excluding ortho intramolecular Hbond substituents is 1. The van der Waals surface area contributed by atoms with Gasteiger partial charge in [-0.3, -0.25) is 9.69 Å². The minimum absolute atomic E-state index is 0.000702. The van der Waals surface area contributed by atoms with Gasteiger partial charge in [-0.05, 0) is 50.4 Å². The Kier molecular flexibility index (Phi) is 5.11. The molecule has 6 nitrogen and oxygen atoms in total. The van der Waals surface area contributed by atoms with Crippen molar-refractivity contribution in [3.05, 3.63) is 34.3 Å². The Morgan fingerprint density at radius 1 is 1.42 bits per heavy atom. The standard InChI is InChI=1S/C17H22N4O2S/c1-11-6-14(15(22)7-12(11)2)9-21-5-3-4-13(8-21)16(23)19-17-20-18-10-24-17/h6-7,10,13,22H,3-5,8-9H2,1-2H3,(H,19,20,23)/t13-/m0/s1. The number of nitrogens with zero attached hydrogens (tertiary/aromatic N) is 3. The molecule has 0 saturated carbocycles. The molecular weight excluding hydrogens is 324 g/mol. The molecule has 0 radical (unpaired) electrons. The Morgan fingerprint density at radius 2 is 2.21 bits per heavy atom. The number of aryl methyl sites for hydroxylation is 2. The lowest BCUT2D eigenvalue weighted by Crippen LogP contribution is -2.40. The predicted octanol–water partition coefficient (Wildman–Crippen LogP) is 2.71. The quantitative estimate of drug-likeness (QED) is 0.890. The summed E-state index contributed by atoms with van der Waals surface area (Å²) in [5, 5.41) is 21.1. The number of aromatic hydroxyl groups is 1. The predicted molar refractivity (Wildman–Crippen MR) is 94.1 cm³/mol. The molecule has 2 aromatic rings. The van der Waals surface area contributed by atoms with E-state index in [1.54, 1.807) is 5.51 Å². The second kappa shape index (κ2) is 7.27. The van der Waals surface area contributed by atoms with Crippen molar-refractivity contribution < 1.29 is 9.90 Å². The average Bonchev–Trinajstić information content (AvgIpc) is 3.06. The number of carbonyl (C=O) groups is 1. The summed E-state index contributed by atoms with van der Waals surface area (Å²) in [5.74, 6) is 0.274. The maximum atomic E-state index is 12.4. The summed E-state index contributed by atoms with van der Waals surface area (Å²) in [6.07, 6.45) is 1.85. The zero-order valence-electron chi connectivity index (χ0n) is 14.0. The zero-order chi connectivity index (χ0) is 17.1. The summed E-state index contributed by atoms with van der Waals surface area (Å²) >= 11 is 1.32. The highest BCUT2D eigenvalue weighted by molar-refractivity contribution is 7.13. The highest BCUT2D eigenvalue weighted by atomic mass is 32.1. The molecule has 1 aromatic heterocycles. The van der Waals surface area contributed by atoms with Crippen molar-refractivity contribution in [3.63, 3.8) is 0 Å². The normalized spacial score (nSPS) is 18.5. The molecule has 0 bridgehead atoms. The minimum atomic E-state index is -0.0589. The van der Waals surface area contributed by atoms with E-state index < -0.39 is 0 Å². The van der Waals surface area contributed by atoms with Crippen molar-refractivity contribution >= 4 is 22.4 Å². The SMILES string of the molecule is Cc1cc(O)c(CN2CCC[C@H](C(=O)Nc3nncs3)C2)cc1C. The van der Waals surface area contributed by atoms with E-state index in [0.717, 1.165) is 30.5 Å². The van der Waals surface area contributed by atoms with Gasteiger partial charge in [-0.1, -0.05) is 17.4 Å². The number of benzene rings is 1. The summed E-state index contributed by atoms with van der Waals surface area (Å²) in [5.41, 5.74) is 4.78. The van der Waals surface area contributed by atoms with Crippen LogP contribution in [0.25, 0.3) is 0 Å². The molecule has 0 aliphatic carbocycles. The van der Waals surface area contributed by atoms with Crippen LogP contribution in [0.1, 0.15) is 29.5 Å². The molecule has 3 rings (SSSR count). The van der Waals surface area contributed by atoms with E-state index in [1.807, 2.05) is 26.0 Å². The third kappa shape index (κ3) is 3.91. The van der Waals surface area contributed by atoms with Crippen LogP contribution in [-0.4, -0.2) is 39.2 Å². The second-order valence-corrected chi connectivity index (χ2v) is 7.21. The third-order valence-electron chi connectivity index (χ3n) is 4.56. The topological polar surface area (TPSA) is 78.4 Å². The number of amides is 1. The van der Waals surface area contributed by atoms with E-state index in [2.05, 4.69) is 20.4 Å². The van der Waals surface area contributed by atoms with Crippen LogP contribution in [0.5, 0.6) is 5.75 Å². The minimum Gasteiger partial charge on any atom is -0.508 e. The van der Waals surface area contributed by atoms with Gasteiger partial charge in [0, 0.05) is 18.7 Å². The van der Waals surface area contributed by atoms with Crippen molar-refractivity contribution in [2.45, 2.75) is 33.2 Å². The summed E-state index contributed by atoms with van der Waals surface area (Å²) in [6, 6.07) is 3.85. The first-order valence-corrected chi connectivity index (χ1v) is 8.99. The number of aromatic nitrogens is 2. The monoisotopic (exact) mass is 346 g/mol. The first-order valence-electron chi connectivity index (χ1n) is 8.11. The van der Waals surface area contributed by atoms with Gasteiger partial charge < -0.3 is 10.4 Å². The lowest BCUT2D eigenvalue weighted by molar-refractivity contribution is -0.121. The average molecular weight is 346 g/mol. The molecule has 1 aromatic carbocycles. The summed E-state index contributed by atoms with van der Waals surface area (Å²) < 4.78 is 0. The molecule has 0 unspecified atom stereocenters. The van der Waals surface area contributed by atoms with Gasteiger partial charge in [-0.2, -0.15) is 0 Å². The number of piperidine rings is 1. The van der Waals surface area contributed by atoms with Gasteiger partial charge in [-0.15, -0.1) is 10.2 Å². The van der Waals surface area contributed by atoms with Crippen LogP contribution in [0, 0.1) is 19.8 Å². The number of hydrogen-bond donors (Lipinski definition) is 2. The number of hydrogen-bond acceptors (Lipinski definition) is 6. The molecule has 1 amide bonds. The van der Waals surface area contributed by atoms with Gasteiger partial charge in [0.1, 0.15) is 11.3 Å². The summed E-state index contributed by atoms with van der Waals surface area (Å²) in [7, 11) is 0. The Morgan fingerprint density at radius 3 is 2.96 bits per heavy atom. The Bertz CT molecular complexity index is 718. The number of rotatable bonds is 4. The molecule has 128 valence electrons. The van der Waals surface area contributed by atoms with Crippen molar-refractivity contribution in [2.75, 3.05) is 18.4 Å². The third-order valence-corrected chi connectivity index (χ3v) is 5.16. The Hall–Kier alpha value is -1.99. The smallest absolute Gasteiger partial charge is 0.230 e. The number of carbonyl (C=O) groups excluding carboxylic acids is 1. The zero-order valence-corrected chi connectivity index (χ0v) is 14.8. The number of likely N-dealkylation sites (tertiary alicyclic amines) is 1. The van der Waals surface area contributed by atoms with Gasteiger partial charge in [0.25, 0.3) is 0 Å². The fourth-order valence-electron chi connectivity index (χ4n) is 3.08. The summed E-state index contributed by atoms with van der Waals surface area (Å²) in [4.78, 5) is 14.6. The van der Waals surface area contributed by atoms with Gasteiger partial charge >= 0.3 is 0 Å². The summed E-state index contributed by atoms with van der Waals surface area (Å²) in [6.45, 7) is 6.34. The van der Waals surface area contributed by atoms with Crippen LogP contribution in [-0.2, 0) is 11.3 Å². The van der Waals surface area contributed by atoms with Gasteiger partial charge in [-0.25, -0.2) is 0 Å². The van der Waals surface area contributed by atoms with Crippen LogP contribution in [0.3, 0.4) is 0 Å². The molecule has 2 heterocycles. The molecule has 7 heteroatoms. The molecule has 1 aliphatic rings. The van der Waals surface area contributed by atoms with Crippen molar-refractivity contribution in [1.29, 1.82) is 0 Å². The van der Waals surface area contributed by atoms with E-state index in [0.29, 0.717) is 24.0 Å². The van der Waals surface area contributed by atoms with Gasteiger partial charge in [0.2, 0.25) is 11.0 Å². The van der Waals surface area contributed by atoms with Gasteiger partial charge in [0.15, 0.2) is 0 Å². The Balaban J connectivity index is 1.63. The lowest BCUT2D eigenvalue weighted by atomic mass is 9.96. The second-order valence-electron chi connectivity index (χ2n) is 6.37. The molecule has 1 fully saturated rings.